The van der Waals surface area contributed by atoms with E-state index in [1.807, 2.05) is 0 Å². The third-order valence-corrected chi connectivity index (χ3v) is 5.27. The summed E-state index contributed by atoms with van der Waals surface area (Å²) in [6.45, 7) is 5.57. The monoisotopic (exact) mass is 474 g/mol. The first-order valence-electron chi connectivity index (χ1n) is 10.7. The van der Waals surface area contributed by atoms with Gasteiger partial charge < -0.3 is 15.4 Å². The molecule has 2 rings (SSSR count). The highest BCUT2D eigenvalue weighted by molar-refractivity contribution is 9.10. The maximum atomic E-state index is 12.6. The summed E-state index contributed by atoms with van der Waals surface area (Å²) >= 11 is 3.49. The van der Waals surface area contributed by atoms with Gasteiger partial charge in [-0.2, -0.15) is 0 Å². The van der Waals surface area contributed by atoms with Gasteiger partial charge in [0.15, 0.2) is 0 Å². The van der Waals surface area contributed by atoms with Gasteiger partial charge in [0.05, 0.1) is 11.1 Å². The van der Waals surface area contributed by atoms with Crippen molar-refractivity contribution in [3.05, 3.63) is 58.1 Å². The molecule has 0 aliphatic heterocycles. The summed E-state index contributed by atoms with van der Waals surface area (Å²) in [5.41, 5.74) is 1.62. The quantitative estimate of drug-likeness (QED) is 0.360. The lowest BCUT2D eigenvalue weighted by Crippen LogP contribution is -2.24. The van der Waals surface area contributed by atoms with Gasteiger partial charge in [-0.25, -0.2) is 0 Å². The van der Waals surface area contributed by atoms with E-state index in [0.717, 1.165) is 35.9 Å². The van der Waals surface area contributed by atoms with Crippen LogP contribution in [0.1, 0.15) is 73.1 Å². The van der Waals surface area contributed by atoms with Crippen molar-refractivity contribution in [1.82, 2.24) is 5.32 Å². The first-order valence-corrected chi connectivity index (χ1v) is 11.5. The van der Waals surface area contributed by atoms with Crippen molar-refractivity contribution in [2.45, 2.75) is 52.4 Å². The topological polar surface area (TPSA) is 67.4 Å². The van der Waals surface area contributed by atoms with Crippen LogP contribution >= 0.6 is 15.9 Å². The summed E-state index contributed by atoms with van der Waals surface area (Å²) in [5.74, 6) is 0.352. The molecule has 0 saturated carbocycles. The molecular formula is C24H31BrN2O3. The van der Waals surface area contributed by atoms with Crippen LogP contribution in [0.3, 0.4) is 0 Å². The molecule has 0 fully saturated rings. The van der Waals surface area contributed by atoms with Gasteiger partial charge in [-0.05, 0) is 65.2 Å². The van der Waals surface area contributed by atoms with Crippen LogP contribution in [0.25, 0.3) is 0 Å². The summed E-state index contributed by atoms with van der Waals surface area (Å²) in [6, 6.07) is 12.2. The summed E-state index contributed by atoms with van der Waals surface area (Å²) in [6.07, 6.45) is 6.55. The lowest BCUT2D eigenvalue weighted by Gasteiger charge is -2.11. The van der Waals surface area contributed by atoms with E-state index in [-0.39, 0.29) is 11.8 Å². The number of carbonyl (C=O) groups excluding carboxylic acids is 2. The molecule has 2 aromatic carbocycles. The fraction of sp³-hybridized carbons (Fsp3) is 0.417. The van der Waals surface area contributed by atoms with Crippen LogP contribution < -0.4 is 15.4 Å². The fourth-order valence-electron chi connectivity index (χ4n) is 2.89. The first kappa shape index (κ1) is 23.9. The highest BCUT2D eigenvalue weighted by Crippen LogP contribution is 2.27. The fourth-order valence-corrected chi connectivity index (χ4v) is 3.39. The molecule has 0 aromatic heterocycles. The van der Waals surface area contributed by atoms with Gasteiger partial charge >= 0.3 is 0 Å². The summed E-state index contributed by atoms with van der Waals surface area (Å²) in [5, 5.41) is 5.74. The lowest BCUT2D eigenvalue weighted by molar-refractivity contribution is 0.0951. The zero-order valence-electron chi connectivity index (χ0n) is 17.8. The van der Waals surface area contributed by atoms with Gasteiger partial charge in [-0.1, -0.05) is 45.6 Å². The number of carbonyl (C=O) groups is 2. The predicted octanol–water partition coefficient (Wildman–Crippen LogP) is 6.19. The van der Waals surface area contributed by atoms with Crippen LogP contribution in [0.2, 0.25) is 0 Å². The van der Waals surface area contributed by atoms with Crippen LogP contribution in [0, 0.1) is 0 Å². The second kappa shape index (κ2) is 13.1. The normalized spacial score (nSPS) is 10.5. The molecule has 2 N–H and O–H groups in total. The van der Waals surface area contributed by atoms with Gasteiger partial charge in [0.25, 0.3) is 11.8 Å². The molecule has 5 nitrogen and oxygen atoms in total. The standard InChI is InChI=1S/C24H31BrN2O3/c1-3-5-7-8-15-30-22-13-12-19(17-21(22)25)24(29)27-20-11-9-10-18(16-20)23(28)26-14-6-4-2/h9-13,16-17H,3-8,14-15H2,1-2H3,(H,26,28)(H,27,29). The highest BCUT2D eigenvalue weighted by Gasteiger charge is 2.11. The minimum Gasteiger partial charge on any atom is -0.492 e. The van der Waals surface area contributed by atoms with Crippen molar-refractivity contribution in [3.8, 4) is 5.75 Å². The molecule has 2 aromatic rings. The van der Waals surface area contributed by atoms with E-state index in [0.29, 0.717) is 30.0 Å². The zero-order chi connectivity index (χ0) is 21.8. The van der Waals surface area contributed by atoms with E-state index in [1.165, 1.54) is 12.8 Å². The van der Waals surface area contributed by atoms with Crippen molar-refractivity contribution >= 4 is 33.4 Å². The average molecular weight is 475 g/mol. The molecule has 0 unspecified atom stereocenters. The van der Waals surface area contributed by atoms with Crippen molar-refractivity contribution < 1.29 is 14.3 Å². The Morgan fingerprint density at radius 3 is 2.40 bits per heavy atom. The third-order valence-electron chi connectivity index (χ3n) is 4.65. The molecule has 162 valence electrons. The predicted molar refractivity (Wildman–Crippen MR) is 125 cm³/mol. The number of hydrogen-bond acceptors (Lipinski definition) is 3. The number of hydrogen-bond donors (Lipinski definition) is 2. The number of ether oxygens (including phenoxy) is 1. The Labute approximate surface area is 187 Å². The number of halogens is 1. The van der Waals surface area contributed by atoms with Gasteiger partial charge in [0, 0.05) is 23.4 Å². The Hall–Kier alpha value is -2.34. The number of benzene rings is 2. The molecule has 30 heavy (non-hydrogen) atoms. The Morgan fingerprint density at radius 2 is 1.67 bits per heavy atom. The number of rotatable bonds is 12. The summed E-state index contributed by atoms with van der Waals surface area (Å²) in [7, 11) is 0. The number of nitrogens with one attached hydrogen (secondary N) is 2. The molecule has 0 saturated heterocycles. The van der Waals surface area contributed by atoms with Crippen molar-refractivity contribution in [1.29, 1.82) is 0 Å². The highest BCUT2D eigenvalue weighted by atomic mass is 79.9. The average Bonchev–Trinajstić information content (AvgIpc) is 2.74. The van der Waals surface area contributed by atoms with Gasteiger partial charge in [-0.3, -0.25) is 9.59 Å². The van der Waals surface area contributed by atoms with Crippen LogP contribution in [-0.4, -0.2) is 25.0 Å². The molecule has 0 atom stereocenters. The van der Waals surface area contributed by atoms with Crippen LogP contribution in [0.5, 0.6) is 5.75 Å². The maximum absolute atomic E-state index is 12.6. The Kier molecular flexibility index (Phi) is 10.4. The van der Waals surface area contributed by atoms with Gasteiger partial charge in [-0.15, -0.1) is 0 Å². The molecule has 0 heterocycles. The van der Waals surface area contributed by atoms with Gasteiger partial charge in [0.2, 0.25) is 0 Å². The smallest absolute Gasteiger partial charge is 0.255 e. The molecule has 0 spiro atoms. The van der Waals surface area contributed by atoms with E-state index in [9.17, 15) is 9.59 Å². The Balaban J connectivity index is 1.95. The number of unbranched alkanes of at least 4 members (excludes halogenated alkanes) is 4. The number of amides is 2. The van der Waals surface area contributed by atoms with E-state index in [1.54, 1.807) is 42.5 Å². The van der Waals surface area contributed by atoms with E-state index >= 15 is 0 Å². The van der Waals surface area contributed by atoms with E-state index in [4.69, 9.17) is 4.74 Å². The largest absolute Gasteiger partial charge is 0.492 e. The zero-order valence-corrected chi connectivity index (χ0v) is 19.4. The molecule has 6 heteroatoms. The van der Waals surface area contributed by atoms with Crippen LogP contribution in [0.15, 0.2) is 46.9 Å². The summed E-state index contributed by atoms with van der Waals surface area (Å²) in [4.78, 5) is 24.8. The van der Waals surface area contributed by atoms with Crippen LogP contribution in [-0.2, 0) is 0 Å². The van der Waals surface area contributed by atoms with Crippen LogP contribution in [0.4, 0.5) is 5.69 Å². The third kappa shape index (κ3) is 7.82. The summed E-state index contributed by atoms with van der Waals surface area (Å²) < 4.78 is 6.54. The molecule has 0 aliphatic rings. The second-order valence-corrected chi connectivity index (χ2v) is 8.05. The van der Waals surface area contributed by atoms with Crippen molar-refractivity contribution in [3.63, 3.8) is 0 Å². The Morgan fingerprint density at radius 1 is 0.900 bits per heavy atom. The first-order chi connectivity index (χ1) is 14.5. The van der Waals surface area contributed by atoms with Crippen molar-refractivity contribution in [2.24, 2.45) is 0 Å². The Bertz CT molecular complexity index is 839. The maximum Gasteiger partial charge on any atom is 0.255 e. The minimum absolute atomic E-state index is 0.136. The second-order valence-electron chi connectivity index (χ2n) is 7.20. The van der Waals surface area contributed by atoms with Gasteiger partial charge in [0.1, 0.15) is 5.75 Å². The molecule has 0 radical (unpaired) electrons. The van der Waals surface area contributed by atoms with Crippen molar-refractivity contribution in [2.75, 3.05) is 18.5 Å². The lowest BCUT2D eigenvalue weighted by atomic mass is 10.1. The minimum atomic E-state index is -0.242. The molecule has 2 amide bonds. The van der Waals surface area contributed by atoms with E-state index in [2.05, 4.69) is 40.4 Å². The molecular weight excluding hydrogens is 444 g/mol. The molecule has 0 bridgehead atoms. The van der Waals surface area contributed by atoms with E-state index < -0.39 is 0 Å². The SMILES string of the molecule is CCCCCCOc1ccc(C(=O)Nc2cccc(C(=O)NCCCC)c2)cc1Br. The number of anilines is 1. The molecule has 0 aliphatic carbocycles.